The van der Waals surface area contributed by atoms with Gasteiger partial charge in [-0.25, -0.2) is 8.78 Å². The van der Waals surface area contributed by atoms with E-state index >= 15 is 0 Å². The summed E-state index contributed by atoms with van der Waals surface area (Å²) in [4.78, 5) is 23.6. The summed E-state index contributed by atoms with van der Waals surface area (Å²) in [7, 11) is 0. The van der Waals surface area contributed by atoms with Gasteiger partial charge in [0.15, 0.2) is 5.82 Å². The fourth-order valence-electron chi connectivity index (χ4n) is 4.49. The van der Waals surface area contributed by atoms with Crippen molar-refractivity contribution >= 4 is 5.91 Å². The number of pyridine rings is 1. The molecular formula is C23H22F2N4O2. The number of benzene rings is 1. The smallest absolute Gasteiger partial charge is 0.276 e. The highest BCUT2D eigenvalue weighted by Crippen LogP contribution is 2.46. The minimum absolute atomic E-state index is 0.120. The third-order valence-electron chi connectivity index (χ3n) is 6.19. The molecule has 0 bridgehead atoms. The number of carbonyl (C=O) groups excluding carboxylic acids is 1. The number of likely N-dealkylation sites (tertiary alicyclic amines) is 1. The zero-order chi connectivity index (χ0) is 21.4. The molecule has 1 atom stereocenters. The molecule has 1 aliphatic heterocycles. The third kappa shape index (κ3) is 3.94. The van der Waals surface area contributed by atoms with Gasteiger partial charge in [-0.15, -0.1) is 0 Å². The van der Waals surface area contributed by atoms with Crippen LogP contribution in [0.1, 0.15) is 48.3 Å². The van der Waals surface area contributed by atoms with Crippen LogP contribution in [0, 0.1) is 17.6 Å². The van der Waals surface area contributed by atoms with Gasteiger partial charge in [0.25, 0.3) is 11.8 Å². The van der Waals surface area contributed by atoms with Gasteiger partial charge >= 0.3 is 0 Å². The molecule has 8 heteroatoms. The van der Waals surface area contributed by atoms with Crippen molar-refractivity contribution in [2.45, 2.75) is 37.5 Å². The summed E-state index contributed by atoms with van der Waals surface area (Å²) < 4.78 is 33.1. The molecule has 3 aromatic rings. The van der Waals surface area contributed by atoms with Crippen LogP contribution in [-0.4, -0.2) is 39.0 Å². The predicted molar refractivity (Wildman–Crippen MR) is 108 cm³/mol. The molecule has 1 saturated carbocycles. The lowest BCUT2D eigenvalue weighted by molar-refractivity contribution is 0.0602. The molecule has 31 heavy (non-hydrogen) atoms. The monoisotopic (exact) mass is 424 g/mol. The summed E-state index contributed by atoms with van der Waals surface area (Å²) in [5.74, 6) is -0.513. The second kappa shape index (κ2) is 7.83. The second-order valence-corrected chi connectivity index (χ2v) is 8.52. The van der Waals surface area contributed by atoms with Gasteiger partial charge in [0.1, 0.15) is 17.3 Å². The fraction of sp³-hybridized carbons (Fsp3) is 0.391. The van der Waals surface area contributed by atoms with E-state index in [-0.39, 0.29) is 5.56 Å². The number of piperidine rings is 1. The number of amides is 1. The van der Waals surface area contributed by atoms with E-state index in [9.17, 15) is 13.6 Å². The van der Waals surface area contributed by atoms with Gasteiger partial charge in [-0.2, -0.15) is 4.98 Å². The molecule has 1 aromatic carbocycles. The quantitative estimate of drug-likeness (QED) is 0.608. The largest absolute Gasteiger partial charge is 0.338 e. The third-order valence-corrected chi connectivity index (χ3v) is 6.19. The van der Waals surface area contributed by atoms with Gasteiger partial charge in [-0.05, 0) is 49.4 Å². The Balaban J connectivity index is 1.45. The van der Waals surface area contributed by atoms with Crippen LogP contribution in [0.15, 0.2) is 47.1 Å². The average molecular weight is 424 g/mol. The maximum absolute atomic E-state index is 14.2. The first-order valence-electron chi connectivity index (χ1n) is 10.5. The van der Waals surface area contributed by atoms with E-state index < -0.39 is 23.0 Å². The molecule has 5 rings (SSSR count). The number of aromatic nitrogens is 3. The molecule has 6 nitrogen and oxygen atoms in total. The van der Waals surface area contributed by atoms with Crippen molar-refractivity contribution in [3.05, 3.63) is 65.6 Å². The Labute approximate surface area is 178 Å². The summed E-state index contributed by atoms with van der Waals surface area (Å²) in [6.45, 7) is 0.882. The van der Waals surface area contributed by atoms with Crippen molar-refractivity contribution in [1.82, 2.24) is 20.0 Å². The van der Waals surface area contributed by atoms with E-state index in [0.717, 1.165) is 44.2 Å². The van der Waals surface area contributed by atoms with Crippen LogP contribution in [0.5, 0.6) is 0 Å². The van der Waals surface area contributed by atoms with Crippen molar-refractivity contribution in [3.8, 4) is 11.6 Å². The van der Waals surface area contributed by atoms with Crippen LogP contribution in [0.3, 0.4) is 0 Å². The first kappa shape index (κ1) is 19.8. The summed E-state index contributed by atoms with van der Waals surface area (Å²) in [6.07, 6.45) is 6.37. The molecule has 2 aliphatic rings. The molecule has 0 spiro atoms. The molecule has 1 aliphatic carbocycles. The van der Waals surface area contributed by atoms with Crippen LogP contribution >= 0.6 is 0 Å². The van der Waals surface area contributed by atoms with E-state index in [1.54, 1.807) is 17.2 Å². The zero-order valence-electron chi connectivity index (χ0n) is 16.9. The number of hydrogen-bond donors (Lipinski definition) is 0. The van der Waals surface area contributed by atoms with E-state index in [1.165, 1.54) is 6.07 Å². The van der Waals surface area contributed by atoms with Crippen molar-refractivity contribution in [2.75, 3.05) is 13.1 Å². The summed E-state index contributed by atoms with van der Waals surface area (Å²) in [6, 6.07) is 8.53. The molecule has 3 heterocycles. The minimum Gasteiger partial charge on any atom is -0.338 e. The maximum atomic E-state index is 14.2. The number of halogens is 2. The van der Waals surface area contributed by atoms with E-state index in [1.807, 2.05) is 12.1 Å². The van der Waals surface area contributed by atoms with Gasteiger partial charge in [-0.1, -0.05) is 24.1 Å². The molecule has 0 N–H and O–H groups in total. The molecular weight excluding hydrogens is 402 g/mol. The van der Waals surface area contributed by atoms with Crippen LogP contribution < -0.4 is 0 Å². The number of nitrogens with zero attached hydrogens (tertiary/aromatic N) is 4. The topological polar surface area (TPSA) is 72.1 Å². The first-order chi connectivity index (χ1) is 15.0. The van der Waals surface area contributed by atoms with Gasteiger partial charge in [0.2, 0.25) is 0 Å². The minimum atomic E-state index is -0.847. The van der Waals surface area contributed by atoms with E-state index in [4.69, 9.17) is 4.52 Å². The van der Waals surface area contributed by atoms with Crippen molar-refractivity contribution < 1.29 is 18.1 Å². The normalized spacial score (nSPS) is 21.3. The lowest BCUT2D eigenvalue weighted by Crippen LogP contribution is -2.49. The van der Waals surface area contributed by atoms with Gasteiger partial charge < -0.3 is 9.42 Å². The van der Waals surface area contributed by atoms with Crippen LogP contribution in [0.4, 0.5) is 8.78 Å². The molecule has 2 fully saturated rings. The number of carbonyl (C=O) groups is 1. The SMILES string of the molecule is O=C(c1ccc(F)cc1F)N1CCCC(CC2CC2)(c2noc(-c3ccccn3)n2)C1. The Morgan fingerprint density at radius 2 is 2.10 bits per heavy atom. The molecule has 1 amide bonds. The molecule has 160 valence electrons. The molecule has 2 aromatic heterocycles. The van der Waals surface area contributed by atoms with E-state index in [0.29, 0.717) is 36.4 Å². The number of hydrogen-bond acceptors (Lipinski definition) is 5. The molecule has 1 saturated heterocycles. The summed E-state index contributed by atoms with van der Waals surface area (Å²) >= 11 is 0. The highest BCUT2D eigenvalue weighted by Gasteiger charge is 2.46. The number of rotatable bonds is 5. The Kier molecular flexibility index (Phi) is 5.00. The first-order valence-corrected chi connectivity index (χ1v) is 10.5. The van der Waals surface area contributed by atoms with Crippen LogP contribution in [-0.2, 0) is 5.41 Å². The van der Waals surface area contributed by atoms with E-state index in [2.05, 4.69) is 15.1 Å². The van der Waals surface area contributed by atoms with Gasteiger partial charge in [-0.3, -0.25) is 9.78 Å². The maximum Gasteiger partial charge on any atom is 0.276 e. The average Bonchev–Trinajstić information content (AvgIpc) is 3.44. The van der Waals surface area contributed by atoms with Gasteiger partial charge in [0, 0.05) is 25.4 Å². The Hall–Kier alpha value is -3.16. The van der Waals surface area contributed by atoms with Gasteiger partial charge in [0.05, 0.1) is 11.0 Å². The highest BCUT2D eigenvalue weighted by molar-refractivity contribution is 5.94. The Bertz CT molecular complexity index is 1100. The predicted octanol–water partition coefficient (Wildman–Crippen LogP) is 4.38. The summed E-state index contributed by atoms with van der Waals surface area (Å²) in [5, 5.41) is 4.28. The standard InChI is InChI=1S/C23H22F2N4O2/c24-16-7-8-17(18(25)12-16)21(30)29-11-3-9-23(14-29,13-15-5-6-15)22-27-20(31-28-22)19-4-1-2-10-26-19/h1-2,4,7-8,10,12,15H,3,5-6,9,11,13-14H2. The van der Waals surface area contributed by atoms with Crippen LogP contribution in [0.2, 0.25) is 0 Å². The molecule has 0 radical (unpaired) electrons. The highest BCUT2D eigenvalue weighted by atomic mass is 19.1. The second-order valence-electron chi connectivity index (χ2n) is 8.52. The lowest BCUT2D eigenvalue weighted by Gasteiger charge is -2.41. The zero-order valence-corrected chi connectivity index (χ0v) is 16.9. The Morgan fingerprint density at radius 1 is 1.23 bits per heavy atom. The Morgan fingerprint density at radius 3 is 2.84 bits per heavy atom. The van der Waals surface area contributed by atoms with Crippen LogP contribution in [0.25, 0.3) is 11.6 Å². The summed E-state index contributed by atoms with van der Waals surface area (Å²) in [5.41, 5.74) is 0.0214. The van der Waals surface area contributed by atoms with Crippen molar-refractivity contribution in [2.24, 2.45) is 5.92 Å². The lowest BCUT2D eigenvalue weighted by atomic mass is 9.74. The van der Waals surface area contributed by atoms with Crippen molar-refractivity contribution in [3.63, 3.8) is 0 Å². The molecule has 1 unspecified atom stereocenters. The fourth-order valence-corrected chi connectivity index (χ4v) is 4.49. The van der Waals surface area contributed by atoms with Crippen molar-refractivity contribution in [1.29, 1.82) is 0 Å².